The van der Waals surface area contributed by atoms with Crippen LogP contribution in [0.3, 0.4) is 0 Å². The second kappa shape index (κ2) is 8.32. The van der Waals surface area contributed by atoms with Crippen LogP contribution < -0.4 is 16.0 Å². The van der Waals surface area contributed by atoms with Crippen LogP contribution in [0.5, 0.6) is 0 Å². The predicted molar refractivity (Wildman–Crippen MR) is 97.1 cm³/mol. The molecule has 0 unspecified atom stereocenters. The largest absolute Gasteiger partial charge is 0.445 e. The van der Waals surface area contributed by atoms with Gasteiger partial charge in [0, 0.05) is 18.8 Å². The van der Waals surface area contributed by atoms with Crippen molar-refractivity contribution in [2.45, 2.75) is 25.6 Å². The van der Waals surface area contributed by atoms with E-state index >= 15 is 0 Å². The van der Waals surface area contributed by atoms with Crippen LogP contribution in [0.15, 0.2) is 36.7 Å². The standard InChI is InChI=1S/C18H20F3N5O2/c19-18(20,21)13-5-7-26(8-6-13)17-23-9-15(10-24-17)25-14-3-1-12(2-4-14)11-28-16(22)27/h1-4,9-10,13,25H,5-8,11H2,(H2,22,27). The van der Waals surface area contributed by atoms with E-state index in [1.165, 1.54) is 0 Å². The van der Waals surface area contributed by atoms with Gasteiger partial charge < -0.3 is 20.7 Å². The van der Waals surface area contributed by atoms with Gasteiger partial charge in [-0.2, -0.15) is 13.2 Å². The van der Waals surface area contributed by atoms with Crippen LogP contribution in [0.4, 0.5) is 35.3 Å². The first-order chi connectivity index (χ1) is 13.3. The Morgan fingerprint density at radius 3 is 2.29 bits per heavy atom. The molecule has 0 saturated carbocycles. The van der Waals surface area contributed by atoms with Crippen molar-refractivity contribution >= 4 is 23.4 Å². The monoisotopic (exact) mass is 395 g/mol. The zero-order valence-electron chi connectivity index (χ0n) is 14.9. The number of hydrogen-bond acceptors (Lipinski definition) is 6. The minimum Gasteiger partial charge on any atom is -0.445 e. The molecule has 1 fully saturated rings. The van der Waals surface area contributed by atoms with Crippen LogP contribution in [0.25, 0.3) is 0 Å². The normalized spacial score (nSPS) is 15.3. The van der Waals surface area contributed by atoms with E-state index in [1.807, 2.05) is 0 Å². The first-order valence-corrected chi connectivity index (χ1v) is 8.73. The van der Waals surface area contributed by atoms with Crippen molar-refractivity contribution < 1.29 is 22.7 Å². The Balaban J connectivity index is 1.54. The summed E-state index contributed by atoms with van der Waals surface area (Å²) in [5.41, 5.74) is 7.14. The molecule has 1 aliphatic rings. The number of ether oxygens (including phenoxy) is 1. The molecule has 28 heavy (non-hydrogen) atoms. The summed E-state index contributed by atoms with van der Waals surface area (Å²) in [6, 6.07) is 7.17. The van der Waals surface area contributed by atoms with Gasteiger partial charge in [-0.1, -0.05) is 12.1 Å². The number of piperidine rings is 1. The number of anilines is 3. The quantitative estimate of drug-likeness (QED) is 0.804. The van der Waals surface area contributed by atoms with Gasteiger partial charge in [0.25, 0.3) is 0 Å². The number of nitrogens with zero attached hydrogens (tertiary/aromatic N) is 3. The number of benzene rings is 1. The maximum absolute atomic E-state index is 12.7. The van der Waals surface area contributed by atoms with Gasteiger partial charge in [0.2, 0.25) is 5.95 Å². The summed E-state index contributed by atoms with van der Waals surface area (Å²) in [5.74, 6) is -0.828. The number of nitrogens with one attached hydrogen (secondary N) is 1. The number of carbonyl (C=O) groups excluding carboxylic acids is 1. The van der Waals surface area contributed by atoms with E-state index in [0.717, 1.165) is 11.3 Å². The molecular weight excluding hydrogens is 375 g/mol. The molecule has 1 saturated heterocycles. The maximum atomic E-state index is 12.7. The van der Waals surface area contributed by atoms with Crippen molar-refractivity contribution in [3.05, 3.63) is 42.2 Å². The van der Waals surface area contributed by atoms with E-state index in [0.29, 0.717) is 11.6 Å². The highest BCUT2D eigenvalue weighted by Gasteiger charge is 2.41. The van der Waals surface area contributed by atoms with Crippen molar-refractivity contribution in [1.29, 1.82) is 0 Å². The Morgan fingerprint density at radius 1 is 1.14 bits per heavy atom. The van der Waals surface area contributed by atoms with E-state index in [2.05, 4.69) is 15.3 Å². The molecule has 10 heteroatoms. The Bertz CT molecular complexity index is 788. The summed E-state index contributed by atoms with van der Waals surface area (Å²) in [6.45, 7) is 0.663. The molecule has 1 aromatic carbocycles. The van der Waals surface area contributed by atoms with Crippen molar-refractivity contribution in [3.63, 3.8) is 0 Å². The zero-order valence-corrected chi connectivity index (χ0v) is 14.9. The first-order valence-electron chi connectivity index (χ1n) is 8.73. The second-order valence-corrected chi connectivity index (χ2v) is 6.50. The van der Waals surface area contributed by atoms with E-state index in [1.54, 1.807) is 41.6 Å². The number of amides is 1. The molecule has 0 atom stereocenters. The van der Waals surface area contributed by atoms with Crippen molar-refractivity contribution in [3.8, 4) is 0 Å². The van der Waals surface area contributed by atoms with Gasteiger partial charge >= 0.3 is 12.3 Å². The van der Waals surface area contributed by atoms with Crippen LogP contribution in [-0.4, -0.2) is 35.3 Å². The predicted octanol–water partition coefficient (Wildman–Crippen LogP) is 3.59. The number of rotatable bonds is 5. The zero-order chi connectivity index (χ0) is 20.1. The van der Waals surface area contributed by atoms with Gasteiger partial charge in [-0.05, 0) is 30.5 Å². The molecule has 2 aromatic rings. The number of aromatic nitrogens is 2. The fourth-order valence-corrected chi connectivity index (χ4v) is 2.96. The minimum atomic E-state index is -4.14. The van der Waals surface area contributed by atoms with Crippen LogP contribution in [0.1, 0.15) is 18.4 Å². The molecule has 0 radical (unpaired) electrons. The summed E-state index contributed by atoms with van der Waals surface area (Å²) in [4.78, 5) is 20.9. The lowest BCUT2D eigenvalue weighted by Gasteiger charge is -2.32. The lowest BCUT2D eigenvalue weighted by molar-refractivity contribution is -0.179. The number of hydrogen-bond donors (Lipinski definition) is 2. The van der Waals surface area contributed by atoms with Gasteiger partial charge in [0.15, 0.2) is 0 Å². The van der Waals surface area contributed by atoms with Crippen LogP contribution in [0, 0.1) is 5.92 Å². The fourth-order valence-electron chi connectivity index (χ4n) is 2.96. The number of carbonyl (C=O) groups is 1. The van der Waals surface area contributed by atoms with Crippen molar-refractivity contribution in [2.24, 2.45) is 11.7 Å². The third kappa shape index (κ3) is 5.24. The Kier molecular flexibility index (Phi) is 5.86. The smallest absolute Gasteiger partial charge is 0.404 e. The molecule has 0 aliphatic carbocycles. The minimum absolute atomic E-state index is 0.0542. The van der Waals surface area contributed by atoms with E-state index in [-0.39, 0.29) is 32.5 Å². The van der Waals surface area contributed by atoms with E-state index in [9.17, 15) is 18.0 Å². The van der Waals surface area contributed by atoms with Gasteiger partial charge in [0.1, 0.15) is 6.61 Å². The number of halogens is 3. The summed E-state index contributed by atoms with van der Waals surface area (Å²) in [6.07, 6.45) is -1.69. The van der Waals surface area contributed by atoms with Gasteiger partial charge in [0.05, 0.1) is 24.0 Å². The van der Waals surface area contributed by atoms with Crippen molar-refractivity contribution in [2.75, 3.05) is 23.3 Å². The fraction of sp³-hybridized carbons (Fsp3) is 0.389. The molecule has 3 N–H and O–H groups in total. The van der Waals surface area contributed by atoms with Crippen LogP contribution in [0.2, 0.25) is 0 Å². The highest BCUT2D eigenvalue weighted by molar-refractivity contribution is 5.64. The average Bonchev–Trinajstić information content (AvgIpc) is 2.67. The topological polar surface area (TPSA) is 93.4 Å². The molecule has 1 aliphatic heterocycles. The maximum Gasteiger partial charge on any atom is 0.404 e. The Hall–Kier alpha value is -3.04. The van der Waals surface area contributed by atoms with Gasteiger partial charge in [-0.3, -0.25) is 0 Å². The van der Waals surface area contributed by atoms with Crippen molar-refractivity contribution in [1.82, 2.24) is 9.97 Å². The summed E-state index contributed by atoms with van der Waals surface area (Å²) < 4.78 is 43.0. The number of alkyl halides is 3. The third-order valence-corrected chi connectivity index (χ3v) is 4.50. The molecule has 3 rings (SSSR count). The van der Waals surface area contributed by atoms with Gasteiger partial charge in [-0.15, -0.1) is 0 Å². The molecule has 1 amide bonds. The number of nitrogens with two attached hydrogens (primary N) is 1. The lowest BCUT2D eigenvalue weighted by atomic mass is 9.96. The molecule has 7 nitrogen and oxygen atoms in total. The highest BCUT2D eigenvalue weighted by atomic mass is 19.4. The highest BCUT2D eigenvalue weighted by Crippen LogP contribution is 2.34. The number of primary amides is 1. The third-order valence-electron chi connectivity index (χ3n) is 4.50. The van der Waals surface area contributed by atoms with E-state index in [4.69, 9.17) is 10.5 Å². The molecule has 150 valence electrons. The van der Waals surface area contributed by atoms with Gasteiger partial charge in [-0.25, -0.2) is 14.8 Å². The molecule has 0 bridgehead atoms. The van der Waals surface area contributed by atoms with Crippen LogP contribution >= 0.6 is 0 Å². The first kappa shape index (κ1) is 19.7. The summed E-state index contributed by atoms with van der Waals surface area (Å²) >= 11 is 0. The average molecular weight is 395 g/mol. The van der Waals surface area contributed by atoms with Crippen LogP contribution in [-0.2, 0) is 11.3 Å². The molecular formula is C18H20F3N5O2. The second-order valence-electron chi connectivity index (χ2n) is 6.50. The molecule has 1 aromatic heterocycles. The summed E-state index contributed by atoms with van der Waals surface area (Å²) in [5, 5.41) is 3.13. The lowest BCUT2D eigenvalue weighted by Crippen LogP contribution is -2.39. The molecule has 0 spiro atoms. The molecule has 2 heterocycles. The Labute approximate surface area is 159 Å². The SMILES string of the molecule is NC(=O)OCc1ccc(Nc2cnc(N3CCC(C(F)(F)F)CC3)nc2)cc1. The Morgan fingerprint density at radius 2 is 1.75 bits per heavy atom. The summed E-state index contributed by atoms with van der Waals surface area (Å²) in [7, 11) is 0. The van der Waals surface area contributed by atoms with E-state index < -0.39 is 18.2 Å².